The summed E-state index contributed by atoms with van der Waals surface area (Å²) in [5, 5.41) is 18.3. The Morgan fingerprint density at radius 1 is 1.09 bits per heavy atom. The van der Waals surface area contributed by atoms with E-state index in [1.807, 2.05) is 38.1 Å². The highest BCUT2D eigenvalue weighted by Gasteiger charge is 2.26. The van der Waals surface area contributed by atoms with E-state index in [0.29, 0.717) is 17.1 Å². The zero-order chi connectivity index (χ0) is 24.3. The van der Waals surface area contributed by atoms with Gasteiger partial charge in [0.05, 0.1) is 6.61 Å². The van der Waals surface area contributed by atoms with Gasteiger partial charge in [-0.25, -0.2) is 0 Å². The maximum atomic E-state index is 9.46. The van der Waals surface area contributed by atoms with Crippen molar-refractivity contribution in [2.75, 3.05) is 6.61 Å². The number of aliphatic hydroxyl groups is 1. The van der Waals surface area contributed by atoms with Gasteiger partial charge in [0.25, 0.3) is 0 Å². The highest BCUT2D eigenvalue weighted by molar-refractivity contribution is 5.38. The van der Waals surface area contributed by atoms with Crippen LogP contribution in [0.3, 0.4) is 0 Å². The first-order valence-electron chi connectivity index (χ1n) is 11.8. The molecule has 0 aromatic heterocycles. The van der Waals surface area contributed by atoms with Gasteiger partial charge in [0, 0.05) is 0 Å². The normalized spacial score (nSPS) is 17.3. The molecule has 176 valence electrons. The molecule has 0 radical (unpaired) electrons. The van der Waals surface area contributed by atoms with E-state index >= 15 is 0 Å². The SMILES string of the molecule is CC1=C(/C=C/C(C)=C/C=C/C(C)=C/CO)C(C)(C)CCC1.Cc1ccc(C(C)C)c(O)c1. The lowest BCUT2D eigenvalue weighted by Crippen LogP contribution is -2.19. The number of rotatable bonds is 6. The molecule has 0 saturated heterocycles. The topological polar surface area (TPSA) is 40.5 Å². The van der Waals surface area contributed by atoms with Crippen LogP contribution < -0.4 is 0 Å². The maximum absolute atomic E-state index is 9.46. The average molecular weight is 437 g/mol. The molecule has 0 bridgehead atoms. The Hall–Kier alpha value is -2.32. The first kappa shape index (κ1) is 27.7. The van der Waals surface area contributed by atoms with E-state index < -0.39 is 0 Å². The van der Waals surface area contributed by atoms with E-state index in [-0.39, 0.29) is 6.61 Å². The minimum atomic E-state index is 0.0985. The fourth-order valence-corrected chi connectivity index (χ4v) is 3.99. The fraction of sp³-hybridized carbons (Fsp3) is 0.467. The molecule has 0 heterocycles. The minimum Gasteiger partial charge on any atom is -0.508 e. The number of hydrogen-bond donors (Lipinski definition) is 2. The molecule has 1 aliphatic carbocycles. The summed E-state index contributed by atoms with van der Waals surface area (Å²) in [5.41, 5.74) is 7.79. The number of aromatic hydroxyl groups is 1. The molecule has 2 nitrogen and oxygen atoms in total. The molecule has 2 rings (SSSR count). The molecule has 0 unspecified atom stereocenters. The van der Waals surface area contributed by atoms with Gasteiger partial charge in [-0.1, -0.05) is 93.0 Å². The van der Waals surface area contributed by atoms with Crippen LogP contribution >= 0.6 is 0 Å². The molecule has 0 amide bonds. The summed E-state index contributed by atoms with van der Waals surface area (Å²) in [6, 6.07) is 5.81. The molecule has 0 saturated carbocycles. The Labute approximate surface area is 196 Å². The summed E-state index contributed by atoms with van der Waals surface area (Å²) in [7, 11) is 0. The maximum Gasteiger partial charge on any atom is 0.119 e. The molecule has 1 aromatic rings. The van der Waals surface area contributed by atoms with Crippen LogP contribution in [0.2, 0.25) is 0 Å². The van der Waals surface area contributed by atoms with Crippen molar-refractivity contribution in [1.82, 2.24) is 0 Å². The number of aliphatic hydroxyl groups excluding tert-OH is 1. The standard InChI is InChI=1S/C20H30O.C10H14O/c1-16(8-6-9-17(2)13-15-21)11-12-19-18(3)10-7-14-20(19,4)5;1-7(2)9-5-4-8(3)6-10(9)11/h6,8-9,11-13,21H,7,10,14-15H2,1-5H3;4-7,11H,1-3H3/b9-6+,12-11+,16-8+,17-13+;. The molecule has 32 heavy (non-hydrogen) atoms. The van der Waals surface area contributed by atoms with Crippen LogP contribution in [0.1, 0.15) is 84.8 Å². The van der Waals surface area contributed by atoms with Crippen LogP contribution in [0.4, 0.5) is 0 Å². The van der Waals surface area contributed by atoms with Crippen molar-refractivity contribution in [3.63, 3.8) is 0 Å². The summed E-state index contributed by atoms with van der Waals surface area (Å²) in [5.74, 6) is 0.815. The molecule has 0 spiro atoms. The molecular formula is C30H44O2. The summed E-state index contributed by atoms with van der Waals surface area (Å²) < 4.78 is 0. The van der Waals surface area contributed by atoms with Crippen molar-refractivity contribution < 1.29 is 10.2 Å². The van der Waals surface area contributed by atoms with E-state index in [2.05, 4.69) is 59.8 Å². The molecule has 2 N–H and O–H groups in total. The predicted octanol–water partition coefficient (Wildman–Crippen LogP) is 8.33. The van der Waals surface area contributed by atoms with Crippen molar-refractivity contribution in [2.45, 2.75) is 80.6 Å². The van der Waals surface area contributed by atoms with Crippen LogP contribution in [0, 0.1) is 12.3 Å². The lowest BCUT2D eigenvalue weighted by Gasteiger charge is -2.32. The highest BCUT2D eigenvalue weighted by atomic mass is 16.3. The van der Waals surface area contributed by atoms with Gasteiger partial charge in [-0.3, -0.25) is 0 Å². The Kier molecular flexibility index (Phi) is 11.5. The fourth-order valence-electron chi connectivity index (χ4n) is 3.99. The molecule has 1 aromatic carbocycles. The van der Waals surface area contributed by atoms with E-state index in [0.717, 1.165) is 16.7 Å². The van der Waals surface area contributed by atoms with Crippen LogP contribution in [0.25, 0.3) is 0 Å². The first-order chi connectivity index (χ1) is 15.0. The number of hydrogen-bond acceptors (Lipinski definition) is 2. The van der Waals surface area contributed by atoms with E-state index in [9.17, 15) is 5.11 Å². The van der Waals surface area contributed by atoms with Crippen molar-refractivity contribution in [1.29, 1.82) is 0 Å². The summed E-state index contributed by atoms with van der Waals surface area (Å²) in [6.45, 7) is 17.3. The largest absolute Gasteiger partial charge is 0.508 e. The van der Waals surface area contributed by atoms with Crippen LogP contribution in [-0.4, -0.2) is 16.8 Å². The second-order valence-corrected chi connectivity index (χ2v) is 9.88. The van der Waals surface area contributed by atoms with Crippen LogP contribution in [0.5, 0.6) is 5.75 Å². The quantitative estimate of drug-likeness (QED) is 0.440. The number of aryl methyl sites for hydroxylation is 1. The summed E-state index contributed by atoms with van der Waals surface area (Å²) in [6.07, 6.45) is 16.3. The molecule has 0 aliphatic heterocycles. The third-order valence-electron chi connectivity index (χ3n) is 5.99. The number of phenolic OH excluding ortho intramolecular Hbond substituents is 1. The third-order valence-corrected chi connectivity index (χ3v) is 5.99. The Morgan fingerprint density at radius 2 is 1.78 bits per heavy atom. The van der Waals surface area contributed by atoms with Crippen molar-refractivity contribution >= 4 is 0 Å². The molecule has 1 aliphatic rings. The predicted molar refractivity (Wildman–Crippen MR) is 140 cm³/mol. The average Bonchev–Trinajstić information content (AvgIpc) is 2.67. The van der Waals surface area contributed by atoms with Crippen molar-refractivity contribution in [3.8, 4) is 5.75 Å². The second-order valence-electron chi connectivity index (χ2n) is 9.88. The Morgan fingerprint density at radius 3 is 2.34 bits per heavy atom. The van der Waals surface area contributed by atoms with Crippen molar-refractivity contribution in [3.05, 3.63) is 88.1 Å². The van der Waals surface area contributed by atoms with Crippen molar-refractivity contribution in [2.24, 2.45) is 5.41 Å². The van der Waals surface area contributed by atoms with Gasteiger partial charge >= 0.3 is 0 Å². The third kappa shape index (κ3) is 9.44. The first-order valence-corrected chi connectivity index (χ1v) is 11.8. The van der Waals surface area contributed by atoms with E-state index in [1.54, 1.807) is 12.1 Å². The minimum absolute atomic E-state index is 0.0985. The van der Waals surface area contributed by atoms with E-state index in [1.165, 1.54) is 36.0 Å². The van der Waals surface area contributed by atoms with Gasteiger partial charge in [-0.2, -0.15) is 0 Å². The van der Waals surface area contributed by atoms with E-state index in [4.69, 9.17) is 5.11 Å². The Bertz CT molecular complexity index is 889. The molecule has 0 atom stereocenters. The zero-order valence-electron chi connectivity index (χ0n) is 21.5. The van der Waals surface area contributed by atoms with Crippen LogP contribution in [-0.2, 0) is 0 Å². The molecule has 2 heteroatoms. The van der Waals surface area contributed by atoms with Crippen LogP contribution in [0.15, 0.2) is 76.9 Å². The van der Waals surface area contributed by atoms with Gasteiger partial charge in [-0.15, -0.1) is 0 Å². The number of benzene rings is 1. The number of phenols is 1. The summed E-state index contributed by atoms with van der Waals surface area (Å²) >= 11 is 0. The second kappa shape index (κ2) is 13.3. The number of allylic oxidation sites excluding steroid dienone is 9. The van der Waals surface area contributed by atoms with Gasteiger partial charge in [-0.05, 0) is 81.1 Å². The molecule has 0 fully saturated rings. The lowest BCUT2D eigenvalue weighted by atomic mass is 9.72. The lowest BCUT2D eigenvalue weighted by molar-refractivity contribution is 0.342. The van der Waals surface area contributed by atoms with Gasteiger partial charge in [0.2, 0.25) is 0 Å². The van der Waals surface area contributed by atoms with Gasteiger partial charge in [0.15, 0.2) is 0 Å². The van der Waals surface area contributed by atoms with Gasteiger partial charge in [0.1, 0.15) is 5.75 Å². The Balaban J connectivity index is 0.000000389. The van der Waals surface area contributed by atoms with Gasteiger partial charge < -0.3 is 10.2 Å². The monoisotopic (exact) mass is 436 g/mol. The smallest absolute Gasteiger partial charge is 0.119 e. The highest BCUT2D eigenvalue weighted by Crippen LogP contribution is 2.40. The zero-order valence-corrected chi connectivity index (χ0v) is 21.5. The summed E-state index contributed by atoms with van der Waals surface area (Å²) in [4.78, 5) is 0. The molecular weight excluding hydrogens is 392 g/mol.